The zero-order valence-electron chi connectivity index (χ0n) is 15.4. The van der Waals surface area contributed by atoms with E-state index in [1.807, 2.05) is 80.6 Å². The van der Waals surface area contributed by atoms with Crippen molar-refractivity contribution >= 4 is 11.0 Å². The molecule has 0 bridgehead atoms. The van der Waals surface area contributed by atoms with Gasteiger partial charge in [-0.05, 0) is 42.7 Å². The third-order valence-corrected chi connectivity index (χ3v) is 4.68. The quantitative estimate of drug-likeness (QED) is 0.474. The highest BCUT2D eigenvalue weighted by Crippen LogP contribution is 2.31. The number of fused-ring (bicyclic) bond motifs is 1. The van der Waals surface area contributed by atoms with E-state index in [0.717, 1.165) is 22.3 Å². The van der Waals surface area contributed by atoms with Gasteiger partial charge in [-0.3, -0.25) is 4.79 Å². The molecule has 1 heterocycles. The topological polar surface area (TPSA) is 39.4 Å². The molecule has 4 aromatic rings. The van der Waals surface area contributed by atoms with Crippen molar-refractivity contribution < 1.29 is 9.15 Å². The molecule has 0 unspecified atom stereocenters. The molecule has 0 N–H and O–H groups in total. The standard InChI is InChI=1S/C24H20O3/c1-16-12-13-20-21(14-16)27-23(18-9-4-3-5-10-18)24(22(20)25)26-15-19-11-7-6-8-17(19)2/h3-14H,15H2,1-2H3. The number of ether oxygens (including phenoxy) is 1. The molecule has 1 aromatic heterocycles. The maximum Gasteiger partial charge on any atom is 0.235 e. The van der Waals surface area contributed by atoms with Gasteiger partial charge in [-0.25, -0.2) is 0 Å². The molecule has 4 rings (SSSR count). The van der Waals surface area contributed by atoms with Crippen molar-refractivity contribution in [1.29, 1.82) is 0 Å². The van der Waals surface area contributed by atoms with E-state index >= 15 is 0 Å². The van der Waals surface area contributed by atoms with Gasteiger partial charge in [0.25, 0.3) is 0 Å². The fraction of sp³-hybridized carbons (Fsp3) is 0.125. The van der Waals surface area contributed by atoms with Crippen LogP contribution in [0.3, 0.4) is 0 Å². The molecule has 3 heteroatoms. The Morgan fingerprint density at radius 1 is 0.889 bits per heavy atom. The molecule has 0 spiro atoms. The first-order chi connectivity index (χ1) is 13.1. The zero-order chi connectivity index (χ0) is 18.8. The predicted molar refractivity (Wildman–Crippen MR) is 108 cm³/mol. The summed E-state index contributed by atoms with van der Waals surface area (Å²) in [4.78, 5) is 13.2. The lowest BCUT2D eigenvalue weighted by Crippen LogP contribution is -2.10. The van der Waals surface area contributed by atoms with Crippen LogP contribution in [0.2, 0.25) is 0 Å². The first-order valence-corrected chi connectivity index (χ1v) is 8.93. The van der Waals surface area contributed by atoms with Crippen LogP contribution in [-0.2, 0) is 6.61 Å². The third kappa shape index (κ3) is 3.36. The first kappa shape index (κ1) is 17.1. The van der Waals surface area contributed by atoms with Crippen LogP contribution in [0.1, 0.15) is 16.7 Å². The Kier molecular flexibility index (Phi) is 4.51. The van der Waals surface area contributed by atoms with Gasteiger partial charge in [-0.2, -0.15) is 0 Å². The molecule has 0 aliphatic heterocycles. The van der Waals surface area contributed by atoms with Crippen molar-refractivity contribution in [2.75, 3.05) is 0 Å². The van der Waals surface area contributed by atoms with Crippen LogP contribution < -0.4 is 10.2 Å². The van der Waals surface area contributed by atoms with Crippen LogP contribution in [0.5, 0.6) is 5.75 Å². The first-order valence-electron chi connectivity index (χ1n) is 8.93. The van der Waals surface area contributed by atoms with E-state index in [4.69, 9.17) is 9.15 Å². The Labute approximate surface area is 157 Å². The highest BCUT2D eigenvalue weighted by Gasteiger charge is 2.18. The fourth-order valence-corrected chi connectivity index (χ4v) is 3.12. The second-order valence-corrected chi connectivity index (χ2v) is 6.67. The lowest BCUT2D eigenvalue weighted by Gasteiger charge is -2.13. The lowest BCUT2D eigenvalue weighted by atomic mass is 10.1. The summed E-state index contributed by atoms with van der Waals surface area (Å²) in [7, 11) is 0. The minimum Gasteiger partial charge on any atom is -0.481 e. The smallest absolute Gasteiger partial charge is 0.235 e. The van der Waals surface area contributed by atoms with E-state index in [1.165, 1.54) is 0 Å². The molecule has 0 saturated carbocycles. The number of rotatable bonds is 4. The highest BCUT2D eigenvalue weighted by atomic mass is 16.5. The van der Waals surface area contributed by atoms with E-state index in [2.05, 4.69) is 0 Å². The number of hydrogen-bond acceptors (Lipinski definition) is 3. The number of hydrogen-bond donors (Lipinski definition) is 0. The molecule has 0 aliphatic carbocycles. The average molecular weight is 356 g/mol. The summed E-state index contributed by atoms with van der Waals surface area (Å²) in [5, 5.41) is 0.528. The minimum atomic E-state index is -0.149. The van der Waals surface area contributed by atoms with Crippen LogP contribution in [0.4, 0.5) is 0 Å². The minimum absolute atomic E-state index is 0.149. The van der Waals surface area contributed by atoms with Crippen LogP contribution >= 0.6 is 0 Å². The van der Waals surface area contributed by atoms with Crippen molar-refractivity contribution in [3.05, 3.63) is 99.7 Å². The van der Waals surface area contributed by atoms with Crippen molar-refractivity contribution in [2.24, 2.45) is 0 Å². The van der Waals surface area contributed by atoms with Crippen LogP contribution in [0.25, 0.3) is 22.3 Å². The predicted octanol–water partition coefficient (Wildman–Crippen LogP) is 5.66. The second-order valence-electron chi connectivity index (χ2n) is 6.67. The zero-order valence-corrected chi connectivity index (χ0v) is 15.4. The third-order valence-electron chi connectivity index (χ3n) is 4.68. The molecule has 0 fully saturated rings. The summed E-state index contributed by atoms with van der Waals surface area (Å²) in [6, 6.07) is 23.2. The van der Waals surface area contributed by atoms with E-state index in [1.54, 1.807) is 6.07 Å². The lowest BCUT2D eigenvalue weighted by molar-refractivity contribution is 0.297. The summed E-state index contributed by atoms with van der Waals surface area (Å²) in [6.45, 7) is 4.32. The highest BCUT2D eigenvalue weighted by molar-refractivity contribution is 5.82. The van der Waals surface area contributed by atoms with Crippen LogP contribution in [0, 0.1) is 13.8 Å². The Bertz CT molecular complexity index is 1160. The van der Waals surface area contributed by atoms with Gasteiger partial charge in [0.2, 0.25) is 11.2 Å². The van der Waals surface area contributed by atoms with Gasteiger partial charge in [0, 0.05) is 5.56 Å². The molecule has 0 saturated heterocycles. The molecule has 0 amide bonds. The Morgan fingerprint density at radius 2 is 1.63 bits per heavy atom. The SMILES string of the molecule is Cc1ccc2c(=O)c(OCc3ccccc3C)c(-c3ccccc3)oc2c1. The van der Waals surface area contributed by atoms with E-state index in [9.17, 15) is 4.79 Å². The monoisotopic (exact) mass is 356 g/mol. The fourth-order valence-electron chi connectivity index (χ4n) is 3.12. The summed E-state index contributed by atoms with van der Waals surface area (Å²) in [5.41, 5.74) is 4.45. The number of aryl methyl sites for hydroxylation is 2. The molecule has 3 nitrogen and oxygen atoms in total. The largest absolute Gasteiger partial charge is 0.481 e. The van der Waals surface area contributed by atoms with Crippen molar-refractivity contribution in [2.45, 2.75) is 20.5 Å². The Hall–Kier alpha value is -3.33. The molecule has 3 aromatic carbocycles. The van der Waals surface area contributed by atoms with Gasteiger partial charge < -0.3 is 9.15 Å². The normalized spacial score (nSPS) is 10.9. The van der Waals surface area contributed by atoms with Gasteiger partial charge in [0.05, 0.1) is 5.39 Å². The second kappa shape index (κ2) is 7.12. The van der Waals surface area contributed by atoms with Gasteiger partial charge in [-0.1, -0.05) is 60.7 Å². The summed E-state index contributed by atoms with van der Waals surface area (Å²) < 4.78 is 12.2. The summed E-state index contributed by atoms with van der Waals surface area (Å²) >= 11 is 0. The maximum atomic E-state index is 13.2. The van der Waals surface area contributed by atoms with Gasteiger partial charge in [0.15, 0.2) is 5.76 Å². The molecular weight excluding hydrogens is 336 g/mol. The average Bonchev–Trinajstić information content (AvgIpc) is 2.69. The van der Waals surface area contributed by atoms with E-state index in [-0.39, 0.29) is 11.2 Å². The molecule has 0 atom stereocenters. The summed E-state index contributed by atoms with van der Waals surface area (Å²) in [6.07, 6.45) is 0. The Morgan fingerprint density at radius 3 is 2.41 bits per heavy atom. The van der Waals surface area contributed by atoms with Crippen molar-refractivity contribution in [3.8, 4) is 17.1 Å². The van der Waals surface area contributed by atoms with Crippen LogP contribution in [-0.4, -0.2) is 0 Å². The summed E-state index contributed by atoms with van der Waals surface area (Å²) in [5.74, 6) is 0.716. The van der Waals surface area contributed by atoms with Gasteiger partial charge in [0.1, 0.15) is 12.2 Å². The van der Waals surface area contributed by atoms with Gasteiger partial charge in [-0.15, -0.1) is 0 Å². The van der Waals surface area contributed by atoms with Crippen molar-refractivity contribution in [3.63, 3.8) is 0 Å². The Balaban J connectivity index is 1.86. The maximum absolute atomic E-state index is 13.2. The molecule has 0 aliphatic rings. The molecular formula is C24H20O3. The number of benzene rings is 3. The molecule has 134 valence electrons. The van der Waals surface area contributed by atoms with Crippen LogP contribution in [0.15, 0.2) is 82.0 Å². The van der Waals surface area contributed by atoms with E-state index < -0.39 is 0 Å². The van der Waals surface area contributed by atoms with E-state index in [0.29, 0.717) is 23.3 Å². The molecule has 0 radical (unpaired) electrons. The molecule has 27 heavy (non-hydrogen) atoms. The van der Waals surface area contributed by atoms with Crippen molar-refractivity contribution in [1.82, 2.24) is 0 Å². The van der Waals surface area contributed by atoms with Gasteiger partial charge >= 0.3 is 0 Å².